The van der Waals surface area contributed by atoms with E-state index >= 15 is 0 Å². The van der Waals surface area contributed by atoms with Gasteiger partial charge in [-0.3, -0.25) is 14.5 Å². The number of nitrogens with one attached hydrogen (secondary N) is 1. The van der Waals surface area contributed by atoms with Crippen LogP contribution in [0.15, 0.2) is 18.2 Å². The van der Waals surface area contributed by atoms with Crippen LogP contribution in [0.3, 0.4) is 0 Å². The minimum Gasteiger partial charge on any atom is -0.397 e. The van der Waals surface area contributed by atoms with E-state index in [1.807, 2.05) is 4.90 Å². The van der Waals surface area contributed by atoms with Gasteiger partial charge in [0, 0.05) is 6.54 Å². The quantitative estimate of drug-likeness (QED) is 0.683. The summed E-state index contributed by atoms with van der Waals surface area (Å²) < 4.78 is 12.9. The van der Waals surface area contributed by atoms with Gasteiger partial charge in [-0.2, -0.15) is 0 Å². The SMILES string of the molecule is NC(=O)C1CCN(CC(=O)Nc2ccc(F)cc2N)C1. The first-order chi connectivity index (χ1) is 9.45. The van der Waals surface area contributed by atoms with Gasteiger partial charge < -0.3 is 16.8 Å². The number of halogens is 1. The fraction of sp³-hybridized carbons (Fsp3) is 0.385. The molecule has 1 aliphatic rings. The van der Waals surface area contributed by atoms with Crippen molar-refractivity contribution in [2.24, 2.45) is 11.7 Å². The van der Waals surface area contributed by atoms with Crippen molar-refractivity contribution in [2.45, 2.75) is 6.42 Å². The maximum Gasteiger partial charge on any atom is 0.238 e. The van der Waals surface area contributed by atoms with Crippen LogP contribution in [0.5, 0.6) is 0 Å². The Labute approximate surface area is 115 Å². The molecule has 1 aromatic carbocycles. The summed E-state index contributed by atoms with van der Waals surface area (Å²) in [6.45, 7) is 1.29. The fourth-order valence-electron chi connectivity index (χ4n) is 2.25. The van der Waals surface area contributed by atoms with E-state index in [4.69, 9.17) is 11.5 Å². The van der Waals surface area contributed by atoms with Crippen molar-refractivity contribution in [3.05, 3.63) is 24.0 Å². The molecule has 108 valence electrons. The average Bonchev–Trinajstić information content (AvgIpc) is 2.81. The van der Waals surface area contributed by atoms with Gasteiger partial charge in [0.2, 0.25) is 11.8 Å². The Morgan fingerprint density at radius 1 is 1.45 bits per heavy atom. The van der Waals surface area contributed by atoms with Crippen LogP contribution in [0.4, 0.5) is 15.8 Å². The number of hydrogen-bond acceptors (Lipinski definition) is 4. The van der Waals surface area contributed by atoms with E-state index in [0.29, 0.717) is 25.2 Å². The molecule has 6 nitrogen and oxygen atoms in total. The third-order valence-electron chi connectivity index (χ3n) is 3.33. The number of anilines is 2. The number of nitrogens with zero attached hydrogens (tertiary/aromatic N) is 1. The Balaban J connectivity index is 1.88. The Bertz CT molecular complexity index is 535. The van der Waals surface area contributed by atoms with E-state index in [9.17, 15) is 14.0 Å². The number of hydrogen-bond donors (Lipinski definition) is 3. The van der Waals surface area contributed by atoms with Crippen molar-refractivity contribution < 1.29 is 14.0 Å². The van der Waals surface area contributed by atoms with Crippen LogP contribution in [0.2, 0.25) is 0 Å². The first-order valence-electron chi connectivity index (χ1n) is 6.32. The van der Waals surface area contributed by atoms with E-state index in [-0.39, 0.29) is 30.0 Å². The highest BCUT2D eigenvalue weighted by Gasteiger charge is 2.27. The summed E-state index contributed by atoms with van der Waals surface area (Å²) in [6.07, 6.45) is 0.668. The number of carbonyl (C=O) groups is 2. The summed E-state index contributed by atoms with van der Waals surface area (Å²) in [7, 11) is 0. The van der Waals surface area contributed by atoms with E-state index < -0.39 is 5.82 Å². The Morgan fingerprint density at radius 3 is 2.80 bits per heavy atom. The summed E-state index contributed by atoms with van der Waals surface area (Å²) in [5.41, 5.74) is 11.4. The van der Waals surface area contributed by atoms with Gasteiger partial charge in [-0.1, -0.05) is 0 Å². The first-order valence-corrected chi connectivity index (χ1v) is 6.32. The summed E-state index contributed by atoms with van der Waals surface area (Å²) >= 11 is 0. The van der Waals surface area contributed by atoms with Crippen LogP contribution in [0.1, 0.15) is 6.42 Å². The molecule has 1 aliphatic heterocycles. The first kappa shape index (κ1) is 14.3. The molecule has 1 heterocycles. The van der Waals surface area contributed by atoms with Gasteiger partial charge in [-0.15, -0.1) is 0 Å². The van der Waals surface area contributed by atoms with Crippen molar-refractivity contribution in [2.75, 3.05) is 30.7 Å². The van der Waals surface area contributed by atoms with E-state index in [1.54, 1.807) is 0 Å². The zero-order chi connectivity index (χ0) is 14.7. The second kappa shape index (κ2) is 5.87. The van der Waals surface area contributed by atoms with Crippen LogP contribution in [0, 0.1) is 11.7 Å². The smallest absolute Gasteiger partial charge is 0.238 e. The molecule has 1 unspecified atom stereocenters. The molecular weight excluding hydrogens is 263 g/mol. The number of benzene rings is 1. The highest BCUT2D eigenvalue weighted by atomic mass is 19.1. The molecule has 0 spiro atoms. The van der Waals surface area contributed by atoms with E-state index in [1.165, 1.54) is 12.1 Å². The van der Waals surface area contributed by atoms with Crippen molar-refractivity contribution in [3.8, 4) is 0 Å². The monoisotopic (exact) mass is 280 g/mol. The zero-order valence-corrected chi connectivity index (χ0v) is 10.9. The minimum absolute atomic E-state index is 0.153. The number of nitrogen functional groups attached to an aromatic ring is 1. The molecule has 1 aromatic rings. The average molecular weight is 280 g/mol. The molecular formula is C13H17FN4O2. The number of primary amides is 1. The summed E-state index contributed by atoms with van der Waals surface area (Å²) in [5.74, 6) is -1.24. The van der Waals surface area contributed by atoms with Gasteiger partial charge in [0.05, 0.1) is 23.8 Å². The Hall–Kier alpha value is -2.15. The lowest BCUT2D eigenvalue weighted by molar-refractivity contribution is -0.122. The molecule has 1 atom stereocenters. The molecule has 2 amide bonds. The van der Waals surface area contributed by atoms with Crippen molar-refractivity contribution in [3.63, 3.8) is 0 Å². The van der Waals surface area contributed by atoms with Gasteiger partial charge in [0.1, 0.15) is 5.82 Å². The standard InChI is InChI=1S/C13H17FN4O2/c14-9-1-2-11(10(15)5-9)17-12(19)7-18-4-3-8(6-18)13(16)20/h1-2,5,8H,3-4,6-7,15H2,(H2,16,20)(H,17,19). The van der Waals surface area contributed by atoms with Crippen LogP contribution < -0.4 is 16.8 Å². The van der Waals surface area contributed by atoms with Gasteiger partial charge in [-0.05, 0) is 31.2 Å². The number of nitrogens with two attached hydrogens (primary N) is 2. The molecule has 0 aliphatic carbocycles. The second-order valence-electron chi connectivity index (χ2n) is 4.90. The molecule has 7 heteroatoms. The molecule has 0 radical (unpaired) electrons. The minimum atomic E-state index is -0.454. The lowest BCUT2D eigenvalue weighted by atomic mass is 10.1. The van der Waals surface area contributed by atoms with Gasteiger partial charge in [-0.25, -0.2) is 4.39 Å². The van der Waals surface area contributed by atoms with Crippen LogP contribution in [0.25, 0.3) is 0 Å². The van der Waals surface area contributed by atoms with Crippen LogP contribution in [-0.4, -0.2) is 36.3 Å². The molecule has 1 saturated heterocycles. The molecule has 0 aromatic heterocycles. The summed E-state index contributed by atoms with van der Waals surface area (Å²) in [4.78, 5) is 24.8. The molecule has 5 N–H and O–H groups in total. The van der Waals surface area contributed by atoms with Gasteiger partial charge >= 0.3 is 0 Å². The van der Waals surface area contributed by atoms with Crippen molar-refractivity contribution >= 4 is 23.2 Å². The highest BCUT2D eigenvalue weighted by Crippen LogP contribution is 2.20. The van der Waals surface area contributed by atoms with Gasteiger partial charge in [0.15, 0.2) is 0 Å². The van der Waals surface area contributed by atoms with Crippen LogP contribution in [-0.2, 0) is 9.59 Å². The van der Waals surface area contributed by atoms with E-state index in [0.717, 1.165) is 6.07 Å². The third kappa shape index (κ3) is 3.45. The molecule has 2 rings (SSSR count). The maximum atomic E-state index is 12.9. The highest BCUT2D eigenvalue weighted by molar-refractivity contribution is 5.95. The number of carbonyl (C=O) groups excluding carboxylic acids is 2. The van der Waals surface area contributed by atoms with Crippen molar-refractivity contribution in [1.82, 2.24) is 4.90 Å². The lowest BCUT2D eigenvalue weighted by Crippen LogP contribution is -2.33. The van der Waals surface area contributed by atoms with E-state index in [2.05, 4.69) is 5.32 Å². The summed E-state index contributed by atoms with van der Waals surface area (Å²) in [5, 5.41) is 2.62. The topological polar surface area (TPSA) is 101 Å². The summed E-state index contributed by atoms with van der Waals surface area (Å²) in [6, 6.07) is 3.79. The molecule has 0 bridgehead atoms. The zero-order valence-electron chi connectivity index (χ0n) is 10.9. The third-order valence-corrected chi connectivity index (χ3v) is 3.33. The lowest BCUT2D eigenvalue weighted by Gasteiger charge is -2.15. The Morgan fingerprint density at radius 2 is 2.20 bits per heavy atom. The normalized spacial score (nSPS) is 18.9. The number of rotatable bonds is 4. The number of amides is 2. The predicted octanol–water partition coefficient (Wildman–Crippen LogP) is 0.154. The fourth-order valence-corrected chi connectivity index (χ4v) is 2.25. The van der Waals surface area contributed by atoms with Gasteiger partial charge in [0.25, 0.3) is 0 Å². The number of likely N-dealkylation sites (tertiary alicyclic amines) is 1. The largest absolute Gasteiger partial charge is 0.397 e. The molecule has 1 fully saturated rings. The Kier molecular flexibility index (Phi) is 4.19. The second-order valence-corrected chi connectivity index (χ2v) is 4.90. The molecule has 0 saturated carbocycles. The maximum absolute atomic E-state index is 12.9. The van der Waals surface area contributed by atoms with Crippen LogP contribution >= 0.6 is 0 Å². The predicted molar refractivity (Wildman–Crippen MR) is 73.2 cm³/mol. The van der Waals surface area contributed by atoms with Crippen molar-refractivity contribution in [1.29, 1.82) is 0 Å². The molecule has 20 heavy (non-hydrogen) atoms.